The lowest BCUT2D eigenvalue weighted by molar-refractivity contribution is -0.160. The highest BCUT2D eigenvalue weighted by molar-refractivity contribution is 5.87. The van der Waals surface area contributed by atoms with Crippen LogP contribution in [0.1, 0.15) is 47.5 Å². The lowest BCUT2D eigenvalue weighted by Gasteiger charge is -2.40. The Morgan fingerprint density at radius 1 is 1.38 bits per heavy atom. The molecule has 0 rings (SSSR count). The molecule has 4 heteroatoms. The molecule has 0 radical (unpaired) electrons. The Labute approximate surface area is 105 Å². The third-order valence-electron chi connectivity index (χ3n) is 2.76. The van der Waals surface area contributed by atoms with Crippen LogP contribution >= 0.6 is 12.4 Å². The van der Waals surface area contributed by atoms with Crippen molar-refractivity contribution in [3.8, 4) is 0 Å². The van der Waals surface area contributed by atoms with E-state index in [1.807, 2.05) is 27.7 Å². The molecule has 0 fully saturated rings. The molecule has 0 saturated carbocycles. The van der Waals surface area contributed by atoms with Crippen molar-refractivity contribution in [1.29, 1.82) is 0 Å². The van der Waals surface area contributed by atoms with Crippen LogP contribution in [0.25, 0.3) is 0 Å². The van der Waals surface area contributed by atoms with Crippen LogP contribution in [0.4, 0.5) is 0 Å². The fourth-order valence-corrected chi connectivity index (χ4v) is 1.27. The van der Waals surface area contributed by atoms with Crippen LogP contribution < -0.4 is 5.73 Å². The molecule has 0 spiro atoms. The number of hydrogen-bond donors (Lipinski definition) is 1. The number of halogens is 1. The number of carbonyl (C=O) groups excluding carboxylic acids is 1. The minimum absolute atomic E-state index is 0. The second kappa shape index (κ2) is 6.26. The lowest BCUT2D eigenvalue weighted by atomic mass is 9.81. The quantitative estimate of drug-likeness (QED) is 0.602. The Balaban J connectivity index is 0. The molecule has 0 amide bonds. The normalized spacial score (nSPS) is 14.6. The molecule has 0 aliphatic rings. The maximum Gasteiger partial charge on any atom is 0.333 e. The monoisotopic (exact) mass is 249 g/mol. The van der Waals surface area contributed by atoms with Crippen molar-refractivity contribution in [3.05, 3.63) is 12.2 Å². The minimum Gasteiger partial charge on any atom is -0.454 e. The molecule has 0 bridgehead atoms. The highest BCUT2D eigenvalue weighted by atomic mass is 35.5. The largest absolute Gasteiger partial charge is 0.454 e. The number of esters is 1. The van der Waals surface area contributed by atoms with Gasteiger partial charge in [0.25, 0.3) is 0 Å². The van der Waals surface area contributed by atoms with Gasteiger partial charge in [0.05, 0.1) is 0 Å². The van der Waals surface area contributed by atoms with Crippen molar-refractivity contribution in [1.82, 2.24) is 0 Å². The van der Waals surface area contributed by atoms with E-state index in [9.17, 15) is 4.79 Å². The minimum atomic E-state index is -0.641. The van der Waals surface area contributed by atoms with E-state index >= 15 is 0 Å². The van der Waals surface area contributed by atoms with E-state index in [1.54, 1.807) is 6.92 Å². The maximum absolute atomic E-state index is 11.5. The lowest BCUT2D eigenvalue weighted by Crippen LogP contribution is -2.57. The summed E-state index contributed by atoms with van der Waals surface area (Å²) in [4.78, 5) is 11.5. The second-order valence-corrected chi connectivity index (χ2v) is 4.87. The summed E-state index contributed by atoms with van der Waals surface area (Å²) in [5.41, 5.74) is 5.24. The highest BCUT2D eigenvalue weighted by Crippen LogP contribution is 2.29. The Kier molecular flexibility index (Phi) is 6.98. The molecule has 0 heterocycles. The van der Waals surface area contributed by atoms with Gasteiger partial charge in [0.2, 0.25) is 0 Å². The molecule has 0 saturated heterocycles. The fraction of sp³-hybridized carbons (Fsp3) is 0.750. The third kappa shape index (κ3) is 4.54. The summed E-state index contributed by atoms with van der Waals surface area (Å²) >= 11 is 0. The first-order valence-corrected chi connectivity index (χ1v) is 5.32. The van der Waals surface area contributed by atoms with E-state index in [4.69, 9.17) is 10.5 Å². The van der Waals surface area contributed by atoms with Crippen LogP contribution in [0, 0.1) is 0 Å². The summed E-state index contributed by atoms with van der Waals surface area (Å²) in [7, 11) is 0. The van der Waals surface area contributed by atoms with E-state index in [0.29, 0.717) is 5.57 Å². The van der Waals surface area contributed by atoms with Gasteiger partial charge in [-0.2, -0.15) is 0 Å². The van der Waals surface area contributed by atoms with Crippen LogP contribution in [0.3, 0.4) is 0 Å². The van der Waals surface area contributed by atoms with Crippen molar-refractivity contribution < 1.29 is 9.53 Å². The van der Waals surface area contributed by atoms with Gasteiger partial charge in [-0.3, -0.25) is 0 Å². The van der Waals surface area contributed by atoms with Crippen molar-refractivity contribution >= 4 is 18.4 Å². The summed E-state index contributed by atoms with van der Waals surface area (Å²) in [6.07, 6.45) is 1.66. The van der Waals surface area contributed by atoms with Crippen molar-refractivity contribution in [2.24, 2.45) is 5.73 Å². The van der Waals surface area contributed by atoms with Gasteiger partial charge < -0.3 is 10.5 Å². The predicted molar refractivity (Wildman–Crippen MR) is 69.7 cm³/mol. The first-order chi connectivity index (χ1) is 6.64. The first-order valence-electron chi connectivity index (χ1n) is 5.32. The molecule has 0 aromatic rings. The van der Waals surface area contributed by atoms with Crippen molar-refractivity contribution in [3.63, 3.8) is 0 Å². The maximum atomic E-state index is 11.5. The molecule has 96 valence electrons. The summed E-state index contributed by atoms with van der Waals surface area (Å²) in [5, 5.41) is 0. The van der Waals surface area contributed by atoms with Gasteiger partial charge in [0, 0.05) is 11.1 Å². The summed E-state index contributed by atoms with van der Waals surface area (Å²) in [6.45, 7) is 12.9. The molecule has 1 unspecified atom stereocenters. The molecule has 0 aromatic heterocycles. The average molecular weight is 250 g/mol. The Morgan fingerprint density at radius 3 is 2.06 bits per heavy atom. The van der Waals surface area contributed by atoms with Gasteiger partial charge in [-0.1, -0.05) is 19.9 Å². The Morgan fingerprint density at radius 2 is 1.81 bits per heavy atom. The highest BCUT2D eigenvalue weighted by Gasteiger charge is 2.41. The van der Waals surface area contributed by atoms with Gasteiger partial charge in [0.1, 0.15) is 5.60 Å². The Hall–Kier alpha value is -0.540. The van der Waals surface area contributed by atoms with Crippen molar-refractivity contribution in [2.45, 2.75) is 58.6 Å². The van der Waals surface area contributed by atoms with E-state index in [2.05, 4.69) is 6.58 Å². The first kappa shape index (κ1) is 17.8. The van der Waals surface area contributed by atoms with E-state index < -0.39 is 11.1 Å². The molecule has 16 heavy (non-hydrogen) atoms. The zero-order valence-corrected chi connectivity index (χ0v) is 11.7. The molecule has 2 N–H and O–H groups in total. The van der Waals surface area contributed by atoms with E-state index in [1.165, 1.54) is 0 Å². The molecule has 0 aromatic carbocycles. The summed E-state index contributed by atoms with van der Waals surface area (Å²) < 4.78 is 5.44. The Bertz CT molecular complexity index is 258. The number of carbonyl (C=O) groups is 1. The SMILES string of the molecule is C=C(C)C(=O)OC(C)(CCC)C(C)(C)N.Cl. The van der Waals surface area contributed by atoms with Crippen LogP contribution in [-0.2, 0) is 9.53 Å². The van der Waals surface area contributed by atoms with Crippen LogP contribution in [0.2, 0.25) is 0 Å². The number of rotatable bonds is 5. The average Bonchev–Trinajstić information content (AvgIpc) is 2.02. The van der Waals surface area contributed by atoms with Gasteiger partial charge in [-0.05, 0) is 34.1 Å². The summed E-state index contributed by atoms with van der Waals surface area (Å²) in [5.74, 6) is -0.371. The fourth-order valence-electron chi connectivity index (χ4n) is 1.27. The number of ether oxygens (including phenoxy) is 1. The second-order valence-electron chi connectivity index (χ2n) is 4.87. The molecule has 3 nitrogen and oxygen atoms in total. The smallest absolute Gasteiger partial charge is 0.333 e. The van der Waals surface area contributed by atoms with Gasteiger partial charge >= 0.3 is 5.97 Å². The predicted octanol–water partition coefficient (Wildman–Crippen LogP) is 2.82. The van der Waals surface area contributed by atoms with Gasteiger partial charge in [-0.25, -0.2) is 4.79 Å². The zero-order chi connectivity index (χ0) is 12.3. The molecular formula is C12H24ClNO2. The standard InChI is InChI=1S/C12H23NO2.ClH/c1-7-8-12(6,11(4,5)13)15-10(14)9(2)3;/h2,7-8,13H2,1,3-6H3;1H. The molecule has 0 aliphatic carbocycles. The van der Waals surface area contributed by atoms with Crippen molar-refractivity contribution in [2.75, 3.05) is 0 Å². The zero-order valence-electron chi connectivity index (χ0n) is 10.9. The molecule has 0 aliphatic heterocycles. The molecule has 1 atom stereocenters. The number of nitrogens with two attached hydrogens (primary N) is 1. The summed E-state index contributed by atoms with van der Waals surface area (Å²) in [6, 6.07) is 0. The van der Waals surface area contributed by atoms with Crippen LogP contribution in [0.15, 0.2) is 12.2 Å². The molecular weight excluding hydrogens is 226 g/mol. The van der Waals surface area contributed by atoms with Crippen LogP contribution in [-0.4, -0.2) is 17.1 Å². The van der Waals surface area contributed by atoms with E-state index in [0.717, 1.165) is 12.8 Å². The van der Waals surface area contributed by atoms with Gasteiger partial charge in [0.15, 0.2) is 0 Å². The topological polar surface area (TPSA) is 52.3 Å². The number of hydrogen-bond acceptors (Lipinski definition) is 3. The van der Waals surface area contributed by atoms with E-state index in [-0.39, 0.29) is 18.4 Å². The van der Waals surface area contributed by atoms with Gasteiger partial charge in [-0.15, -0.1) is 12.4 Å². The third-order valence-corrected chi connectivity index (χ3v) is 2.76. The van der Waals surface area contributed by atoms with Crippen LogP contribution in [0.5, 0.6) is 0 Å².